The highest BCUT2D eigenvalue weighted by atomic mass is 35.5. The predicted octanol–water partition coefficient (Wildman–Crippen LogP) is 4.20. The van der Waals surface area contributed by atoms with E-state index in [0.717, 1.165) is 27.8 Å². The van der Waals surface area contributed by atoms with E-state index in [0.29, 0.717) is 29.4 Å². The van der Waals surface area contributed by atoms with Gasteiger partial charge in [0.1, 0.15) is 5.51 Å². The number of amides is 1. The van der Waals surface area contributed by atoms with Crippen LogP contribution in [0, 0.1) is 5.92 Å². The summed E-state index contributed by atoms with van der Waals surface area (Å²) < 4.78 is 0.847. The molecule has 25 heavy (non-hydrogen) atoms. The molecule has 2 fully saturated rings. The van der Waals surface area contributed by atoms with E-state index in [9.17, 15) is 4.79 Å². The monoisotopic (exact) mass is 394 g/mol. The van der Waals surface area contributed by atoms with E-state index >= 15 is 0 Å². The summed E-state index contributed by atoms with van der Waals surface area (Å²) in [6, 6.07) is 6.83. The number of rotatable bonds is 5. The lowest BCUT2D eigenvalue weighted by atomic mass is 9.89. The van der Waals surface area contributed by atoms with Crippen molar-refractivity contribution in [1.82, 2.24) is 15.5 Å². The molecule has 2 aliphatic rings. The fourth-order valence-corrected chi connectivity index (χ4v) is 5.51. The van der Waals surface area contributed by atoms with Crippen molar-refractivity contribution in [2.45, 2.75) is 53.4 Å². The minimum absolute atomic E-state index is 0.0758. The summed E-state index contributed by atoms with van der Waals surface area (Å²) in [5.74, 6) is 0.563. The van der Waals surface area contributed by atoms with Gasteiger partial charge in [-0.1, -0.05) is 34.7 Å². The molecule has 2 aromatic rings. The summed E-state index contributed by atoms with van der Waals surface area (Å²) in [6.45, 7) is 0. The van der Waals surface area contributed by atoms with E-state index in [2.05, 4.69) is 20.8 Å². The molecule has 2 N–H and O–H groups in total. The molecule has 2 unspecified atom stereocenters. The van der Waals surface area contributed by atoms with Crippen molar-refractivity contribution in [2.75, 3.05) is 5.32 Å². The van der Waals surface area contributed by atoms with Crippen LogP contribution in [0.25, 0.3) is 0 Å². The lowest BCUT2D eigenvalue weighted by molar-refractivity contribution is -0.117. The molecule has 2 bridgehead atoms. The number of anilines is 1. The molecule has 8 heteroatoms. The Morgan fingerprint density at radius 1 is 1.36 bits per heavy atom. The number of carbonyl (C=O) groups excluding carboxylic acids is 1. The molecule has 0 saturated carbocycles. The second kappa shape index (κ2) is 7.61. The molecule has 1 aromatic heterocycles. The maximum absolute atomic E-state index is 12.4. The topological polar surface area (TPSA) is 66.9 Å². The van der Waals surface area contributed by atoms with Crippen molar-refractivity contribution in [3.8, 4) is 0 Å². The maximum Gasteiger partial charge on any atom is 0.224 e. The van der Waals surface area contributed by atoms with Crippen LogP contribution in [0.3, 0.4) is 0 Å². The van der Waals surface area contributed by atoms with Gasteiger partial charge in [0.2, 0.25) is 5.91 Å². The highest BCUT2D eigenvalue weighted by Crippen LogP contribution is 2.36. The number of halogens is 1. The van der Waals surface area contributed by atoms with E-state index in [1.807, 2.05) is 12.1 Å². The molecule has 0 aliphatic carbocycles. The van der Waals surface area contributed by atoms with E-state index in [-0.39, 0.29) is 5.91 Å². The van der Waals surface area contributed by atoms with Gasteiger partial charge in [-0.2, -0.15) is 0 Å². The van der Waals surface area contributed by atoms with Crippen molar-refractivity contribution in [3.05, 3.63) is 28.7 Å². The third-order valence-electron chi connectivity index (χ3n) is 4.80. The first-order valence-corrected chi connectivity index (χ1v) is 10.5. The van der Waals surface area contributed by atoms with Crippen LogP contribution >= 0.6 is 34.7 Å². The van der Waals surface area contributed by atoms with Gasteiger partial charge in [0.05, 0.1) is 5.02 Å². The number of hydrogen-bond acceptors (Lipinski definition) is 6. The van der Waals surface area contributed by atoms with Gasteiger partial charge >= 0.3 is 0 Å². The van der Waals surface area contributed by atoms with Gasteiger partial charge in [-0.15, -0.1) is 10.2 Å². The maximum atomic E-state index is 12.4. The molecule has 1 amide bonds. The molecule has 2 aliphatic heterocycles. The molecule has 1 aromatic carbocycles. The summed E-state index contributed by atoms with van der Waals surface area (Å²) in [6.07, 6.45) is 5.33. The summed E-state index contributed by atoms with van der Waals surface area (Å²) in [4.78, 5) is 13.3. The van der Waals surface area contributed by atoms with Crippen molar-refractivity contribution < 1.29 is 4.79 Å². The minimum atomic E-state index is 0.0758. The third kappa shape index (κ3) is 4.34. The van der Waals surface area contributed by atoms with Gasteiger partial charge in [0.25, 0.3) is 0 Å². The fourth-order valence-electron chi connectivity index (χ4n) is 3.78. The molecule has 2 saturated heterocycles. The Morgan fingerprint density at radius 2 is 2.16 bits per heavy atom. The predicted molar refractivity (Wildman–Crippen MR) is 101 cm³/mol. The molecule has 3 heterocycles. The summed E-state index contributed by atoms with van der Waals surface area (Å²) >= 11 is 9.30. The lowest BCUT2D eigenvalue weighted by Gasteiger charge is -2.28. The molecule has 2 atom stereocenters. The number of piperidine rings is 1. The zero-order valence-corrected chi connectivity index (χ0v) is 16.0. The Labute approximate surface area is 159 Å². The Balaban J connectivity index is 1.34. The largest absolute Gasteiger partial charge is 0.326 e. The minimum Gasteiger partial charge on any atom is -0.326 e. The van der Waals surface area contributed by atoms with Crippen molar-refractivity contribution in [2.24, 2.45) is 5.92 Å². The van der Waals surface area contributed by atoms with Gasteiger partial charge in [-0.25, -0.2) is 0 Å². The molecular formula is C17H19ClN4OS2. The molecule has 5 nitrogen and oxygen atoms in total. The van der Waals surface area contributed by atoms with E-state index in [1.54, 1.807) is 11.6 Å². The molecule has 132 valence electrons. The highest BCUT2D eigenvalue weighted by molar-refractivity contribution is 8.01. The number of carbonyl (C=O) groups is 1. The van der Waals surface area contributed by atoms with Crippen LogP contribution in [0.1, 0.15) is 32.1 Å². The summed E-state index contributed by atoms with van der Waals surface area (Å²) in [5.41, 5.74) is 2.44. The Bertz CT molecular complexity index is 743. The number of benzene rings is 1. The lowest BCUT2D eigenvalue weighted by Crippen LogP contribution is -2.39. The zero-order valence-electron chi connectivity index (χ0n) is 13.6. The van der Waals surface area contributed by atoms with Crippen LogP contribution in [0.5, 0.6) is 0 Å². The SMILES string of the molecule is O=C(CC1CC2CCC(C1)N2)Nc1ccc(Sc2nncs2)c(Cl)c1. The molecule has 0 radical (unpaired) electrons. The number of nitrogens with zero attached hydrogens (tertiary/aromatic N) is 2. The van der Waals surface area contributed by atoms with Crippen LogP contribution in [-0.2, 0) is 4.79 Å². The van der Waals surface area contributed by atoms with Gasteiger partial charge in [-0.3, -0.25) is 4.79 Å². The number of aromatic nitrogens is 2. The number of fused-ring (bicyclic) bond motifs is 2. The molecular weight excluding hydrogens is 376 g/mol. The standard InChI is InChI=1S/C17H19ClN4OS2/c18-14-8-13(3-4-15(14)25-17-22-19-9-24-17)21-16(23)7-10-5-11-1-2-12(6-10)20-11/h3-4,8-12,20H,1-2,5-7H2,(H,21,23). The van der Waals surface area contributed by atoms with E-state index in [1.165, 1.54) is 35.9 Å². The van der Waals surface area contributed by atoms with Gasteiger partial charge in [-0.05, 0) is 49.8 Å². The second-order valence-corrected chi connectivity index (χ2v) is 9.21. The van der Waals surface area contributed by atoms with Crippen molar-refractivity contribution in [3.63, 3.8) is 0 Å². The van der Waals surface area contributed by atoms with E-state index < -0.39 is 0 Å². The van der Waals surface area contributed by atoms with Crippen LogP contribution < -0.4 is 10.6 Å². The van der Waals surface area contributed by atoms with Crippen LogP contribution in [0.15, 0.2) is 32.9 Å². The Morgan fingerprint density at radius 3 is 2.84 bits per heavy atom. The normalized spacial score (nSPS) is 25.1. The second-order valence-electron chi connectivity index (χ2n) is 6.68. The number of hydrogen-bond donors (Lipinski definition) is 2. The first-order chi connectivity index (χ1) is 12.2. The zero-order chi connectivity index (χ0) is 17.2. The number of nitrogens with one attached hydrogen (secondary N) is 2. The van der Waals surface area contributed by atoms with Gasteiger partial charge < -0.3 is 10.6 Å². The molecule has 4 rings (SSSR count). The van der Waals surface area contributed by atoms with E-state index in [4.69, 9.17) is 11.6 Å². The van der Waals surface area contributed by atoms with Gasteiger partial charge in [0.15, 0.2) is 4.34 Å². The average Bonchev–Trinajstić information content (AvgIpc) is 3.19. The quantitative estimate of drug-likeness (QED) is 0.795. The summed E-state index contributed by atoms with van der Waals surface area (Å²) in [5, 5.41) is 15.0. The first-order valence-electron chi connectivity index (χ1n) is 8.45. The third-order valence-corrected chi connectivity index (χ3v) is 7.08. The van der Waals surface area contributed by atoms with Crippen LogP contribution in [-0.4, -0.2) is 28.2 Å². The van der Waals surface area contributed by atoms with Crippen molar-refractivity contribution >= 4 is 46.3 Å². The Hall–Kier alpha value is -1.15. The highest BCUT2D eigenvalue weighted by Gasteiger charge is 2.34. The van der Waals surface area contributed by atoms with Crippen molar-refractivity contribution in [1.29, 1.82) is 0 Å². The van der Waals surface area contributed by atoms with Crippen LogP contribution in [0.2, 0.25) is 5.02 Å². The Kier molecular flexibility index (Phi) is 5.26. The first kappa shape index (κ1) is 17.3. The fraction of sp³-hybridized carbons (Fsp3) is 0.471. The van der Waals surface area contributed by atoms with Gasteiger partial charge in [0, 0.05) is 29.1 Å². The van der Waals surface area contributed by atoms with Crippen LogP contribution in [0.4, 0.5) is 5.69 Å². The smallest absolute Gasteiger partial charge is 0.224 e. The summed E-state index contributed by atoms with van der Waals surface area (Å²) in [7, 11) is 0. The molecule has 0 spiro atoms. The average molecular weight is 395 g/mol.